The molecule has 0 fully saturated rings. The number of nitrogens with zero attached hydrogens (tertiary/aromatic N) is 1. The molecule has 0 spiro atoms. The standard InChI is InChI=1S/C11H12FN3O/c1-15(7-9-6-11(16)14-13-9)10-4-2-8(12)3-5-10/h2-6H,7H2,1H3,(H2,13,14,16). The SMILES string of the molecule is CN(Cc1cc(=O)[nH][nH]1)c1ccc(F)cc1. The fraction of sp³-hybridized carbons (Fsp3) is 0.182. The molecule has 16 heavy (non-hydrogen) atoms. The van der Waals surface area contributed by atoms with E-state index in [0.717, 1.165) is 11.4 Å². The summed E-state index contributed by atoms with van der Waals surface area (Å²) in [6, 6.07) is 7.71. The van der Waals surface area contributed by atoms with Gasteiger partial charge in [0.1, 0.15) is 5.82 Å². The number of H-pyrrole nitrogens is 2. The van der Waals surface area contributed by atoms with E-state index in [1.807, 2.05) is 11.9 Å². The van der Waals surface area contributed by atoms with Crippen LogP contribution in [0, 0.1) is 5.82 Å². The maximum Gasteiger partial charge on any atom is 0.264 e. The van der Waals surface area contributed by atoms with Gasteiger partial charge in [-0.15, -0.1) is 0 Å². The summed E-state index contributed by atoms with van der Waals surface area (Å²) < 4.78 is 12.7. The Labute approximate surface area is 91.7 Å². The molecule has 0 aliphatic heterocycles. The Morgan fingerprint density at radius 1 is 1.25 bits per heavy atom. The number of hydrogen-bond acceptors (Lipinski definition) is 2. The van der Waals surface area contributed by atoms with Crippen LogP contribution in [0.1, 0.15) is 5.69 Å². The largest absolute Gasteiger partial charge is 0.369 e. The predicted molar refractivity (Wildman–Crippen MR) is 59.9 cm³/mol. The van der Waals surface area contributed by atoms with Crippen molar-refractivity contribution in [2.24, 2.45) is 0 Å². The number of aromatic amines is 2. The van der Waals surface area contributed by atoms with Crippen LogP contribution in [0.3, 0.4) is 0 Å². The summed E-state index contributed by atoms with van der Waals surface area (Å²) in [6.45, 7) is 0.560. The van der Waals surface area contributed by atoms with Crippen LogP contribution in [0.5, 0.6) is 0 Å². The number of benzene rings is 1. The van der Waals surface area contributed by atoms with Gasteiger partial charge in [0.25, 0.3) is 5.56 Å². The van der Waals surface area contributed by atoms with E-state index in [9.17, 15) is 9.18 Å². The first-order valence-corrected chi connectivity index (χ1v) is 4.88. The van der Waals surface area contributed by atoms with Crippen molar-refractivity contribution in [2.45, 2.75) is 6.54 Å². The smallest absolute Gasteiger partial charge is 0.264 e. The molecule has 2 rings (SSSR count). The fourth-order valence-electron chi connectivity index (χ4n) is 1.50. The number of rotatable bonds is 3. The Morgan fingerprint density at radius 2 is 1.94 bits per heavy atom. The lowest BCUT2D eigenvalue weighted by Gasteiger charge is -2.17. The van der Waals surface area contributed by atoms with Crippen LogP contribution in [0.25, 0.3) is 0 Å². The minimum Gasteiger partial charge on any atom is -0.369 e. The highest BCUT2D eigenvalue weighted by molar-refractivity contribution is 5.45. The van der Waals surface area contributed by atoms with Crippen LogP contribution in [-0.2, 0) is 6.54 Å². The van der Waals surface area contributed by atoms with Crippen molar-refractivity contribution in [1.82, 2.24) is 10.2 Å². The Bertz CT molecular complexity index is 515. The van der Waals surface area contributed by atoms with Gasteiger partial charge in [-0.05, 0) is 24.3 Å². The molecule has 0 saturated carbocycles. The van der Waals surface area contributed by atoms with Crippen molar-refractivity contribution in [3.8, 4) is 0 Å². The van der Waals surface area contributed by atoms with E-state index >= 15 is 0 Å². The normalized spacial score (nSPS) is 10.4. The Kier molecular flexibility index (Phi) is 2.76. The van der Waals surface area contributed by atoms with Crippen LogP contribution in [0.15, 0.2) is 35.1 Å². The topological polar surface area (TPSA) is 51.9 Å². The van der Waals surface area contributed by atoms with E-state index in [1.165, 1.54) is 18.2 Å². The van der Waals surface area contributed by atoms with Gasteiger partial charge in [-0.2, -0.15) is 0 Å². The van der Waals surface area contributed by atoms with Gasteiger partial charge in [-0.1, -0.05) is 0 Å². The first-order valence-electron chi connectivity index (χ1n) is 4.88. The highest BCUT2D eigenvalue weighted by Crippen LogP contribution is 2.14. The van der Waals surface area contributed by atoms with Gasteiger partial charge in [-0.25, -0.2) is 4.39 Å². The average molecular weight is 221 g/mol. The minimum atomic E-state index is -0.257. The Hall–Kier alpha value is -2.04. The molecule has 0 aliphatic rings. The highest BCUT2D eigenvalue weighted by Gasteiger charge is 2.03. The lowest BCUT2D eigenvalue weighted by molar-refractivity contribution is 0.627. The molecule has 0 bridgehead atoms. The van der Waals surface area contributed by atoms with Crippen LogP contribution in [-0.4, -0.2) is 17.2 Å². The molecule has 0 aliphatic carbocycles. The predicted octanol–water partition coefficient (Wildman–Crippen LogP) is 1.48. The van der Waals surface area contributed by atoms with E-state index in [1.54, 1.807) is 12.1 Å². The average Bonchev–Trinajstić information content (AvgIpc) is 2.65. The minimum absolute atomic E-state index is 0.150. The first kappa shape index (κ1) is 10.5. The van der Waals surface area contributed by atoms with Crippen molar-refractivity contribution < 1.29 is 4.39 Å². The Morgan fingerprint density at radius 3 is 2.50 bits per heavy atom. The molecule has 0 amide bonds. The van der Waals surface area contributed by atoms with Crippen LogP contribution >= 0.6 is 0 Å². The van der Waals surface area contributed by atoms with Crippen LogP contribution < -0.4 is 10.5 Å². The molecule has 1 heterocycles. The van der Waals surface area contributed by atoms with Gasteiger partial charge in [0.05, 0.1) is 12.2 Å². The van der Waals surface area contributed by atoms with Gasteiger partial charge in [0.2, 0.25) is 0 Å². The number of anilines is 1. The van der Waals surface area contributed by atoms with E-state index in [2.05, 4.69) is 10.2 Å². The quantitative estimate of drug-likeness (QED) is 0.824. The first-order chi connectivity index (χ1) is 7.65. The van der Waals surface area contributed by atoms with Gasteiger partial charge < -0.3 is 10.00 Å². The summed E-state index contributed by atoms with van der Waals surface area (Å²) in [5.41, 5.74) is 1.53. The lowest BCUT2D eigenvalue weighted by Crippen LogP contribution is -2.16. The third kappa shape index (κ3) is 2.31. The molecular weight excluding hydrogens is 209 g/mol. The van der Waals surface area contributed by atoms with E-state index in [0.29, 0.717) is 6.54 Å². The summed E-state index contributed by atoms with van der Waals surface area (Å²) in [4.78, 5) is 12.8. The second kappa shape index (κ2) is 4.22. The maximum atomic E-state index is 12.7. The van der Waals surface area contributed by atoms with Crippen molar-refractivity contribution in [3.63, 3.8) is 0 Å². The summed E-state index contributed by atoms with van der Waals surface area (Å²) in [5, 5.41) is 5.23. The number of aromatic nitrogens is 2. The molecule has 2 N–H and O–H groups in total. The molecule has 1 aromatic carbocycles. The zero-order valence-electron chi connectivity index (χ0n) is 8.83. The third-order valence-electron chi connectivity index (χ3n) is 2.33. The van der Waals surface area contributed by atoms with E-state index in [4.69, 9.17) is 0 Å². The second-order valence-electron chi connectivity index (χ2n) is 3.62. The maximum absolute atomic E-state index is 12.7. The van der Waals surface area contributed by atoms with Crippen molar-refractivity contribution >= 4 is 5.69 Å². The second-order valence-corrected chi connectivity index (χ2v) is 3.62. The highest BCUT2D eigenvalue weighted by atomic mass is 19.1. The van der Waals surface area contributed by atoms with E-state index < -0.39 is 0 Å². The molecule has 0 unspecified atom stereocenters. The number of halogens is 1. The molecule has 0 saturated heterocycles. The number of nitrogens with one attached hydrogen (secondary N) is 2. The molecule has 1 aromatic heterocycles. The summed E-state index contributed by atoms with van der Waals surface area (Å²) >= 11 is 0. The molecule has 5 heteroatoms. The van der Waals surface area contributed by atoms with Gasteiger partial charge in [-0.3, -0.25) is 9.89 Å². The molecular formula is C11H12FN3O. The van der Waals surface area contributed by atoms with Crippen LogP contribution in [0.2, 0.25) is 0 Å². The lowest BCUT2D eigenvalue weighted by atomic mass is 10.3. The zero-order valence-corrected chi connectivity index (χ0v) is 8.83. The summed E-state index contributed by atoms with van der Waals surface area (Å²) in [7, 11) is 1.87. The Balaban J connectivity index is 2.11. The van der Waals surface area contributed by atoms with Crippen LogP contribution in [0.4, 0.5) is 10.1 Å². The summed E-state index contributed by atoms with van der Waals surface area (Å²) in [5.74, 6) is -0.257. The zero-order chi connectivity index (χ0) is 11.5. The van der Waals surface area contributed by atoms with Crippen molar-refractivity contribution in [2.75, 3.05) is 11.9 Å². The van der Waals surface area contributed by atoms with Gasteiger partial charge >= 0.3 is 0 Å². The van der Waals surface area contributed by atoms with Crippen molar-refractivity contribution in [3.05, 3.63) is 52.2 Å². The van der Waals surface area contributed by atoms with Crippen molar-refractivity contribution in [1.29, 1.82) is 0 Å². The van der Waals surface area contributed by atoms with Gasteiger partial charge in [0.15, 0.2) is 0 Å². The molecule has 0 radical (unpaired) electrons. The molecule has 0 atom stereocenters. The third-order valence-corrected chi connectivity index (χ3v) is 2.33. The monoisotopic (exact) mass is 221 g/mol. The summed E-state index contributed by atoms with van der Waals surface area (Å²) in [6.07, 6.45) is 0. The number of hydrogen-bond donors (Lipinski definition) is 2. The molecule has 2 aromatic rings. The van der Waals surface area contributed by atoms with E-state index in [-0.39, 0.29) is 11.4 Å². The van der Waals surface area contributed by atoms with Gasteiger partial charge in [0, 0.05) is 18.8 Å². The molecule has 4 nitrogen and oxygen atoms in total. The molecule has 84 valence electrons. The fourth-order valence-corrected chi connectivity index (χ4v) is 1.50.